The van der Waals surface area contributed by atoms with Crippen LogP contribution in [0.5, 0.6) is 0 Å². The van der Waals surface area contributed by atoms with Crippen LogP contribution in [-0.4, -0.2) is 43.3 Å². The molecule has 2 rings (SSSR count). The molecule has 0 bridgehead atoms. The molecule has 0 aromatic rings. The third-order valence-electron chi connectivity index (χ3n) is 3.11. The molecular weight excluding hydrogens is 185 g/mol. The molecule has 2 aliphatic rings. The van der Waals surface area contributed by atoms with Crippen LogP contribution < -0.4 is 0 Å². The smallest absolute Gasteiger partial charge is 0.228 e. The highest BCUT2D eigenvalue weighted by molar-refractivity contribution is 5.79. The van der Waals surface area contributed by atoms with Crippen LogP contribution in [0, 0.1) is 11.8 Å². The molecule has 1 amide bonds. The van der Waals surface area contributed by atoms with Gasteiger partial charge in [0.1, 0.15) is 6.17 Å². The highest BCUT2D eigenvalue weighted by atomic mass is 19.1. The van der Waals surface area contributed by atoms with Gasteiger partial charge in [-0.2, -0.15) is 0 Å². The Morgan fingerprint density at radius 1 is 1.50 bits per heavy atom. The van der Waals surface area contributed by atoms with Gasteiger partial charge in [0.05, 0.1) is 19.1 Å². The summed E-state index contributed by atoms with van der Waals surface area (Å²) < 4.78 is 18.3. The molecule has 0 N–H and O–H groups in total. The van der Waals surface area contributed by atoms with Crippen molar-refractivity contribution < 1.29 is 13.9 Å². The van der Waals surface area contributed by atoms with Gasteiger partial charge in [-0.1, -0.05) is 6.92 Å². The van der Waals surface area contributed by atoms with Crippen molar-refractivity contribution in [1.82, 2.24) is 4.90 Å². The molecule has 0 spiro atoms. The lowest BCUT2D eigenvalue weighted by atomic mass is 10.1. The van der Waals surface area contributed by atoms with E-state index < -0.39 is 6.17 Å². The van der Waals surface area contributed by atoms with E-state index in [1.54, 1.807) is 4.90 Å². The number of carbonyl (C=O) groups is 1. The first-order valence-electron chi connectivity index (χ1n) is 5.19. The number of rotatable bonds is 1. The molecule has 2 saturated heterocycles. The molecule has 4 heteroatoms. The zero-order chi connectivity index (χ0) is 10.1. The van der Waals surface area contributed by atoms with Crippen LogP contribution in [0.25, 0.3) is 0 Å². The predicted octanol–water partition coefficient (Wildman–Crippen LogP) is 0.839. The van der Waals surface area contributed by atoms with Crippen LogP contribution in [0.3, 0.4) is 0 Å². The Hall–Kier alpha value is -0.640. The number of ether oxygens (including phenoxy) is 1. The van der Waals surface area contributed by atoms with Gasteiger partial charge in [0.15, 0.2) is 0 Å². The number of nitrogens with zero attached hydrogens (tertiary/aromatic N) is 1. The molecule has 14 heavy (non-hydrogen) atoms. The fourth-order valence-electron chi connectivity index (χ4n) is 2.09. The molecule has 0 aromatic carbocycles. The predicted molar refractivity (Wildman–Crippen MR) is 49.6 cm³/mol. The first kappa shape index (κ1) is 9.90. The lowest BCUT2D eigenvalue weighted by molar-refractivity contribution is -0.134. The largest absolute Gasteiger partial charge is 0.381 e. The van der Waals surface area contributed by atoms with E-state index in [-0.39, 0.29) is 24.3 Å². The van der Waals surface area contributed by atoms with E-state index in [0.717, 1.165) is 6.42 Å². The molecule has 2 fully saturated rings. The summed E-state index contributed by atoms with van der Waals surface area (Å²) in [6, 6.07) is 0. The number of hydrogen-bond acceptors (Lipinski definition) is 2. The lowest BCUT2D eigenvalue weighted by Gasteiger charge is -2.18. The van der Waals surface area contributed by atoms with E-state index in [0.29, 0.717) is 19.8 Å². The average molecular weight is 201 g/mol. The Bertz CT molecular complexity index is 218. The molecule has 2 aliphatic heterocycles. The average Bonchev–Trinajstić information content (AvgIpc) is 2.76. The van der Waals surface area contributed by atoms with Crippen molar-refractivity contribution in [3.8, 4) is 0 Å². The van der Waals surface area contributed by atoms with Crippen LogP contribution in [0.2, 0.25) is 0 Å². The molecule has 0 aliphatic carbocycles. The van der Waals surface area contributed by atoms with Gasteiger partial charge in [-0.15, -0.1) is 0 Å². The van der Waals surface area contributed by atoms with Crippen LogP contribution in [0.1, 0.15) is 13.3 Å². The molecule has 0 saturated carbocycles. The minimum absolute atomic E-state index is 0.0127. The summed E-state index contributed by atoms with van der Waals surface area (Å²) in [5.74, 6) is 0.0447. The fourth-order valence-corrected chi connectivity index (χ4v) is 2.09. The maximum Gasteiger partial charge on any atom is 0.228 e. The van der Waals surface area contributed by atoms with Crippen molar-refractivity contribution >= 4 is 5.91 Å². The first-order chi connectivity index (χ1) is 6.68. The second-order valence-corrected chi connectivity index (χ2v) is 4.30. The highest BCUT2D eigenvalue weighted by Crippen LogP contribution is 2.23. The van der Waals surface area contributed by atoms with Crippen LogP contribution >= 0.6 is 0 Å². The maximum absolute atomic E-state index is 13.2. The SMILES string of the molecule is C[C@@H]1CN(C(=O)C2CCOC2)C[C@@H]1F. The third-order valence-corrected chi connectivity index (χ3v) is 3.11. The number of likely N-dealkylation sites (tertiary alicyclic amines) is 1. The van der Waals surface area contributed by atoms with E-state index in [1.165, 1.54) is 0 Å². The van der Waals surface area contributed by atoms with Gasteiger partial charge in [-0.3, -0.25) is 4.79 Å². The first-order valence-corrected chi connectivity index (χ1v) is 5.19. The maximum atomic E-state index is 13.2. The second kappa shape index (κ2) is 3.85. The van der Waals surface area contributed by atoms with Crippen molar-refractivity contribution in [1.29, 1.82) is 0 Å². The Labute approximate surface area is 83.2 Å². The summed E-state index contributed by atoms with van der Waals surface area (Å²) in [5, 5.41) is 0. The van der Waals surface area contributed by atoms with E-state index >= 15 is 0 Å². The molecular formula is C10H16FNO2. The number of alkyl halides is 1. The van der Waals surface area contributed by atoms with Crippen LogP contribution in [-0.2, 0) is 9.53 Å². The van der Waals surface area contributed by atoms with Crippen molar-refractivity contribution in [3.05, 3.63) is 0 Å². The van der Waals surface area contributed by atoms with E-state index in [4.69, 9.17) is 4.74 Å². The van der Waals surface area contributed by atoms with Crippen molar-refractivity contribution in [3.63, 3.8) is 0 Å². The van der Waals surface area contributed by atoms with Gasteiger partial charge < -0.3 is 9.64 Å². The molecule has 3 nitrogen and oxygen atoms in total. The van der Waals surface area contributed by atoms with Crippen molar-refractivity contribution in [2.45, 2.75) is 19.5 Å². The van der Waals surface area contributed by atoms with E-state index in [9.17, 15) is 9.18 Å². The summed E-state index contributed by atoms with van der Waals surface area (Å²) in [6.45, 7) is 3.87. The zero-order valence-electron chi connectivity index (χ0n) is 8.41. The standard InChI is InChI=1S/C10H16FNO2/c1-7-4-12(5-9(7)11)10(13)8-2-3-14-6-8/h7-9H,2-6H2,1H3/t7-,8?,9+/m1/s1. The number of carbonyl (C=O) groups excluding carboxylic acids is 1. The molecule has 1 unspecified atom stereocenters. The van der Waals surface area contributed by atoms with Gasteiger partial charge in [0, 0.05) is 19.1 Å². The van der Waals surface area contributed by atoms with Crippen molar-refractivity contribution in [2.24, 2.45) is 11.8 Å². The Morgan fingerprint density at radius 3 is 2.79 bits per heavy atom. The van der Waals surface area contributed by atoms with Gasteiger partial charge in [0.25, 0.3) is 0 Å². The summed E-state index contributed by atoms with van der Waals surface area (Å²) in [7, 11) is 0. The Kier molecular flexibility index (Phi) is 2.72. The quantitative estimate of drug-likeness (QED) is 0.629. The Morgan fingerprint density at radius 2 is 2.29 bits per heavy atom. The fraction of sp³-hybridized carbons (Fsp3) is 0.900. The van der Waals surface area contributed by atoms with Crippen molar-refractivity contribution in [2.75, 3.05) is 26.3 Å². The lowest BCUT2D eigenvalue weighted by Crippen LogP contribution is -2.35. The number of hydrogen-bond donors (Lipinski definition) is 0. The summed E-state index contributed by atoms with van der Waals surface area (Å²) >= 11 is 0. The minimum atomic E-state index is -0.846. The molecule has 2 heterocycles. The topological polar surface area (TPSA) is 29.5 Å². The van der Waals surface area contributed by atoms with E-state index in [1.807, 2.05) is 6.92 Å². The normalized spacial score (nSPS) is 37.9. The molecule has 0 aromatic heterocycles. The van der Waals surface area contributed by atoms with Crippen LogP contribution in [0.15, 0.2) is 0 Å². The molecule has 80 valence electrons. The van der Waals surface area contributed by atoms with Gasteiger partial charge in [0.2, 0.25) is 5.91 Å². The highest BCUT2D eigenvalue weighted by Gasteiger charge is 2.36. The van der Waals surface area contributed by atoms with Gasteiger partial charge in [-0.25, -0.2) is 4.39 Å². The summed E-state index contributed by atoms with van der Waals surface area (Å²) in [4.78, 5) is 13.5. The molecule has 0 radical (unpaired) electrons. The minimum Gasteiger partial charge on any atom is -0.381 e. The third kappa shape index (κ3) is 1.75. The second-order valence-electron chi connectivity index (χ2n) is 4.30. The monoisotopic (exact) mass is 201 g/mol. The number of halogens is 1. The molecule has 3 atom stereocenters. The van der Waals surface area contributed by atoms with Gasteiger partial charge >= 0.3 is 0 Å². The summed E-state index contributed by atoms with van der Waals surface area (Å²) in [5.41, 5.74) is 0. The Balaban J connectivity index is 1.92. The zero-order valence-corrected chi connectivity index (χ0v) is 8.41. The number of amides is 1. The van der Waals surface area contributed by atoms with Gasteiger partial charge in [-0.05, 0) is 6.42 Å². The summed E-state index contributed by atoms with van der Waals surface area (Å²) in [6.07, 6.45) is -0.0537. The van der Waals surface area contributed by atoms with E-state index in [2.05, 4.69) is 0 Å². The van der Waals surface area contributed by atoms with Crippen LogP contribution in [0.4, 0.5) is 4.39 Å².